The maximum Gasteiger partial charge on any atom is 0.226 e. The van der Waals surface area contributed by atoms with Crippen LogP contribution in [-0.4, -0.2) is 37.0 Å². The van der Waals surface area contributed by atoms with Crippen molar-refractivity contribution in [3.63, 3.8) is 0 Å². The maximum atomic E-state index is 12.4. The van der Waals surface area contributed by atoms with E-state index in [0.717, 1.165) is 32.4 Å². The van der Waals surface area contributed by atoms with E-state index in [1.165, 1.54) is 5.56 Å². The van der Waals surface area contributed by atoms with Gasteiger partial charge < -0.3 is 10.2 Å². The zero-order chi connectivity index (χ0) is 13.2. The van der Waals surface area contributed by atoms with E-state index in [2.05, 4.69) is 34.5 Å². The second kappa shape index (κ2) is 5.33. The molecule has 0 unspecified atom stereocenters. The summed E-state index contributed by atoms with van der Waals surface area (Å²) in [6, 6.07) is 11.0. The fourth-order valence-corrected chi connectivity index (χ4v) is 3.16. The van der Waals surface area contributed by atoms with E-state index in [1.54, 1.807) is 0 Å². The van der Waals surface area contributed by atoms with Crippen molar-refractivity contribution in [2.75, 3.05) is 20.1 Å². The van der Waals surface area contributed by atoms with E-state index in [4.69, 9.17) is 0 Å². The Balaban J connectivity index is 1.56. The summed E-state index contributed by atoms with van der Waals surface area (Å²) in [7, 11) is 2.01. The van der Waals surface area contributed by atoms with Crippen molar-refractivity contribution in [1.82, 2.24) is 10.2 Å². The Bertz CT molecular complexity index is 437. The number of nitrogens with zero attached hydrogens (tertiary/aromatic N) is 1. The largest absolute Gasteiger partial charge is 0.342 e. The molecule has 2 aliphatic rings. The van der Waals surface area contributed by atoms with Crippen LogP contribution in [0.4, 0.5) is 0 Å². The van der Waals surface area contributed by atoms with Gasteiger partial charge in [0.1, 0.15) is 0 Å². The average molecular weight is 258 g/mol. The fourth-order valence-electron chi connectivity index (χ4n) is 3.16. The van der Waals surface area contributed by atoms with Crippen molar-refractivity contribution >= 4 is 5.91 Å². The molecular weight excluding hydrogens is 236 g/mol. The van der Waals surface area contributed by atoms with Crippen molar-refractivity contribution in [3.8, 4) is 0 Å². The van der Waals surface area contributed by atoms with E-state index >= 15 is 0 Å². The zero-order valence-corrected chi connectivity index (χ0v) is 11.5. The molecule has 1 amide bonds. The van der Waals surface area contributed by atoms with Gasteiger partial charge in [-0.25, -0.2) is 0 Å². The minimum Gasteiger partial charge on any atom is -0.342 e. The van der Waals surface area contributed by atoms with Gasteiger partial charge in [-0.3, -0.25) is 4.79 Å². The predicted molar refractivity (Wildman–Crippen MR) is 76.0 cm³/mol. The van der Waals surface area contributed by atoms with Crippen LogP contribution in [0.15, 0.2) is 30.3 Å². The summed E-state index contributed by atoms with van der Waals surface area (Å²) in [4.78, 5) is 14.5. The second-order valence-electron chi connectivity index (χ2n) is 5.75. The van der Waals surface area contributed by atoms with Gasteiger partial charge in [0.25, 0.3) is 0 Å². The summed E-state index contributed by atoms with van der Waals surface area (Å²) in [5, 5.41) is 3.30. The molecule has 1 aliphatic carbocycles. The van der Waals surface area contributed by atoms with Crippen molar-refractivity contribution in [1.29, 1.82) is 0 Å². The number of rotatable bonds is 3. The molecule has 2 fully saturated rings. The smallest absolute Gasteiger partial charge is 0.226 e. The van der Waals surface area contributed by atoms with Crippen LogP contribution in [-0.2, 0) is 4.79 Å². The summed E-state index contributed by atoms with van der Waals surface area (Å²) in [6.45, 7) is 1.84. The Morgan fingerprint density at radius 3 is 2.53 bits per heavy atom. The quantitative estimate of drug-likeness (QED) is 0.899. The molecule has 3 nitrogen and oxygen atoms in total. The van der Waals surface area contributed by atoms with Crippen molar-refractivity contribution in [2.45, 2.75) is 31.2 Å². The topological polar surface area (TPSA) is 32.3 Å². The van der Waals surface area contributed by atoms with Crippen molar-refractivity contribution in [2.24, 2.45) is 5.92 Å². The molecule has 1 N–H and O–H groups in total. The minimum atomic E-state index is 0.244. The molecule has 2 atom stereocenters. The fraction of sp³-hybridized carbons (Fsp3) is 0.562. The molecule has 0 aromatic heterocycles. The van der Waals surface area contributed by atoms with Crippen LogP contribution < -0.4 is 5.32 Å². The molecule has 1 aliphatic heterocycles. The Labute approximate surface area is 115 Å². The first-order valence-corrected chi connectivity index (χ1v) is 7.30. The number of likely N-dealkylation sites (tertiary alicyclic amines) is 1. The standard InChI is InChI=1S/C16H22N2O/c1-17-13-7-9-18(10-8-13)16(19)15-11-14(15)12-5-3-2-4-6-12/h2-6,13-15,17H,7-11H2,1H3/t14-,15+/m0/s1. The average Bonchev–Trinajstić information content (AvgIpc) is 3.28. The predicted octanol–water partition coefficient (Wildman–Crippen LogP) is 2.00. The van der Waals surface area contributed by atoms with Gasteiger partial charge in [-0.05, 0) is 37.8 Å². The van der Waals surface area contributed by atoms with Gasteiger partial charge in [-0.2, -0.15) is 0 Å². The highest BCUT2D eigenvalue weighted by molar-refractivity contribution is 5.83. The highest BCUT2D eigenvalue weighted by atomic mass is 16.2. The van der Waals surface area contributed by atoms with Gasteiger partial charge in [-0.1, -0.05) is 30.3 Å². The molecule has 3 rings (SSSR count). The van der Waals surface area contributed by atoms with Crippen LogP contribution in [0.1, 0.15) is 30.7 Å². The second-order valence-corrected chi connectivity index (χ2v) is 5.75. The van der Waals surface area contributed by atoms with Crippen LogP contribution in [0.5, 0.6) is 0 Å². The molecule has 1 saturated heterocycles. The number of benzene rings is 1. The Morgan fingerprint density at radius 1 is 1.21 bits per heavy atom. The number of nitrogens with one attached hydrogen (secondary N) is 1. The molecular formula is C16H22N2O. The lowest BCUT2D eigenvalue weighted by atomic mass is 10.0. The summed E-state index contributed by atoms with van der Waals surface area (Å²) >= 11 is 0. The number of amides is 1. The van der Waals surface area contributed by atoms with E-state index in [9.17, 15) is 4.79 Å². The highest BCUT2D eigenvalue weighted by Gasteiger charge is 2.45. The number of carbonyl (C=O) groups excluding carboxylic acids is 1. The molecule has 19 heavy (non-hydrogen) atoms. The molecule has 0 bridgehead atoms. The first kappa shape index (κ1) is 12.7. The van der Waals surface area contributed by atoms with Crippen LogP contribution in [0.25, 0.3) is 0 Å². The number of hydrogen-bond acceptors (Lipinski definition) is 2. The number of hydrogen-bond donors (Lipinski definition) is 1. The van der Waals surface area contributed by atoms with Gasteiger partial charge in [0.15, 0.2) is 0 Å². The Hall–Kier alpha value is -1.35. The first-order valence-electron chi connectivity index (χ1n) is 7.30. The molecule has 1 aromatic rings. The van der Waals surface area contributed by atoms with Crippen LogP contribution in [0.3, 0.4) is 0 Å². The zero-order valence-electron chi connectivity index (χ0n) is 11.5. The summed E-state index contributed by atoms with van der Waals surface area (Å²) in [5.41, 5.74) is 1.32. The number of piperidine rings is 1. The van der Waals surface area contributed by atoms with Gasteiger partial charge >= 0.3 is 0 Å². The molecule has 3 heteroatoms. The molecule has 1 heterocycles. The number of carbonyl (C=O) groups is 1. The van der Waals surface area contributed by atoms with Gasteiger partial charge in [-0.15, -0.1) is 0 Å². The van der Waals surface area contributed by atoms with Crippen molar-refractivity contribution < 1.29 is 4.79 Å². The minimum absolute atomic E-state index is 0.244. The molecule has 0 radical (unpaired) electrons. The Morgan fingerprint density at radius 2 is 1.89 bits per heavy atom. The van der Waals surface area contributed by atoms with Gasteiger partial charge in [0, 0.05) is 25.0 Å². The molecule has 1 aromatic carbocycles. The van der Waals surface area contributed by atoms with E-state index < -0.39 is 0 Å². The Kier molecular flexibility index (Phi) is 3.56. The SMILES string of the molecule is CNC1CCN(C(=O)[C@@H]2C[C@H]2c2ccccc2)CC1. The van der Waals surface area contributed by atoms with Crippen LogP contribution in [0.2, 0.25) is 0 Å². The lowest BCUT2D eigenvalue weighted by Crippen LogP contribution is -2.44. The highest BCUT2D eigenvalue weighted by Crippen LogP contribution is 2.48. The third-order valence-electron chi connectivity index (χ3n) is 4.55. The van der Waals surface area contributed by atoms with E-state index in [1.807, 2.05) is 13.1 Å². The summed E-state index contributed by atoms with van der Waals surface area (Å²) in [5.74, 6) is 1.09. The van der Waals surface area contributed by atoms with Crippen molar-refractivity contribution in [3.05, 3.63) is 35.9 Å². The molecule has 102 valence electrons. The third-order valence-corrected chi connectivity index (χ3v) is 4.55. The lowest BCUT2D eigenvalue weighted by molar-refractivity contribution is -0.133. The monoisotopic (exact) mass is 258 g/mol. The van der Waals surface area contributed by atoms with E-state index in [0.29, 0.717) is 17.9 Å². The third kappa shape index (κ3) is 2.66. The van der Waals surface area contributed by atoms with Crippen LogP contribution in [0, 0.1) is 5.92 Å². The normalized spacial score (nSPS) is 27.3. The molecule has 1 saturated carbocycles. The maximum absolute atomic E-state index is 12.4. The van der Waals surface area contributed by atoms with Gasteiger partial charge in [0.05, 0.1) is 0 Å². The summed E-state index contributed by atoms with van der Waals surface area (Å²) in [6.07, 6.45) is 3.21. The lowest BCUT2D eigenvalue weighted by Gasteiger charge is -2.32. The van der Waals surface area contributed by atoms with Crippen LogP contribution >= 0.6 is 0 Å². The summed E-state index contributed by atoms with van der Waals surface area (Å²) < 4.78 is 0. The first-order chi connectivity index (χ1) is 9.29. The molecule has 0 spiro atoms. The van der Waals surface area contributed by atoms with E-state index in [-0.39, 0.29) is 5.92 Å². The van der Waals surface area contributed by atoms with Gasteiger partial charge in [0.2, 0.25) is 5.91 Å².